The zero-order valence-electron chi connectivity index (χ0n) is 21.5. The van der Waals surface area contributed by atoms with Crippen molar-refractivity contribution < 1.29 is 19.4 Å². The van der Waals surface area contributed by atoms with Crippen LogP contribution in [0.2, 0.25) is 5.02 Å². The van der Waals surface area contributed by atoms with Crippen LogP contribution in [0.15, 0.2) is 79.4 Å². The Balaban J connectivity index is 1.72. The highest BCUT2D eigenvalue weighted by Crippen LogP contribution is 2.36. The van der Waals surface area contributed by atoms with E-state index in [2.05, 4.69) is 16.9 Å². The van der Waals surface area contributed by atoms with E-state index in [0.29, 0.717) is 39.4 Å². The van der Waals surface area contributed by atoms with Crippen LogP contribution in [0.25, 0.3) is 16.7 Å². The Hall–Kier alpha value is -4.23. The van der Waals surface area contributed by atoms with Crippen molar-refractivity contribution in [2.24, 2.45) is 0 Å². The number of aromatic amines is 1. The number of amides is 2. The molecule has 3 N–H and O–H groups in total. The average Bonchev–Trinajstić information content (AvgIpc) is 3.22. The van der Waals surface area contributed by atoms with E-state index in [4.69, 9.17) is 16.3 Å². The van der Waals surface area contributed by atoms with Crippen molar-refractivity contribution in [1.29, 1.82) is 0 Å². The fourth-order valence-corrected chi connectivity index (χ4v) is 4.45. The summed E-state index contributed by atoms with van der Waals surface area (Å²) in [7, 11) is 0. The molecule has 4 rings (SSSR count). The predicted molar refractivity (Wildman–Crippen MR) is 150 cm³/mol. The third kappa shape index (κ3) is 6.18. The summed E-state index contributed by atoms with van der Waals surface area (Å²) in [5.41, 5.74) is 1.53. The van der Waals surface area contributed by atoms with Gasteiger partial charge in [0.1, 0.15) is 23.3 Å². The Kier molecular flexibility index (Phi) is 7.78. The Morgan fingerprint density at radius 3 is 2.37 bits per heavy atom. The number of carbonyl (C=O) groups excluding carboxylic acids is 2. The van der Waals surface area contributed by atoms with Crippen molar-refractivity contribution in [3.05, 3.63) is 101 Å². The van der Waals surface area contributed by atoms with Gasteiger partial charge in [-0.3, -0.25) is 9.59 Å². The Morgan fingerprint density at radius 1 is 1.11 bits per heavy atom. The number of aromatic nitrogens is 1. The lowest BCUT2D eigenvalue weighted by molar-refractivity contribution is -0.134. The zero-order chi connectivity index (χ0) is 27.4. The standard InChI is InChI=1S/C30H30ClN3O4/c1-19(36)27-26(24-15-12-21(31)16-25(24)32-27)28(29(37)33-30(2,3)4)34(18-35)17-20-10-13-23(14-11-20)38-22-8-6-5-7-9-22/h5-16,18,28,32,36H,1,17H2,2-4H3,(H,33,37). The Labute approximate surface area is 226 Å². The van der Waals surface area contributed by atoms with E-state index in [-0.39, 0.29) is 18.0 Å². The minimum absolute atomic E-state index is 0.134. The van der Waals surface area contributed by atoms with Gasteiger partial charge in [-0.05, 0) is 62.7 Å². The summed E-state index contributed by atoms with van der Waals surface area (Å²) in [6.45, 7) is 9.39. The zero-order valence-corrected chi connectivity index (χ0v) is 22.3. The third-order valence-corrected chi connectivity index (χ3v) is 6.08. The summed E-state index contributed by atoms with van der Waals surface area (Å²) in [5.74, 6) is 0.706. The molecule has 1 heterocycles. The summed E-state index contributed by atoms with van der Waals surface area (Å²) < 4.78 is 5.86. The van der Waals surface area contributed by atoms with Crippen molar-refractivity contribution in [2.45, 2.75) is 38.9 Å². The normalized spacial score (nSPS) is 12.1. The van der Waals surface area contributed by atoms with E-state index >= 15 is 0 Å². The molecule has 4 aromatic rings. The van der Waals surface area contributed by atoms with Crippen molar-refractivity contribution in [2.75, 3.05) is 0 Å². The molecule has 0 aliphatic carbocycles. The molecule has 0 saturated heterocycles. The second kappa shape index (κ2) is 11.0. The summed E-state index contributed by atoms with van der Waals surface area (Å²) in [6, 6.07) is 20.8. The van der Waals surface area contributed by atoms with Crippen LogP contribution in [-0.2, 0) is 16.1 Å². The number of aliphatic hydroxyl groups excluding tert-OH is 1. The van der Waals surface area contributed by atoms with Crippen LogP contribution >= 0.6 is 11.6 Å². The van der Waals surface area contributed by atoms with Gasteiger partial charge in [-0.2, -0.15) is 0 Å². The van der Waals surface area contributed by atoms with E-state index in [9.17, 15) is 14.7 Å². The van der Waals surface area contributed by atoms with Gasteiger partial charge >= 0.3 is 0 Å². The molecule has 0 fully saturated rings. The lowest BCUT2D eigenvalue weighted by Gasteiger charge is -2.31. The monoisotopic (exact) mass is 531 g/mol. The highest BCUT2D eigenvalue weighted by Gasteiger charge is 2.34. The van der Waals surface area contributed by atoms with Crippen LogP contribution in [0.4, 0.5) is 0 Å². The number of carbonyl (C=O) groups is 2. The largest absolute Gasteiger partial charge is 0.506 e. The van der Waals surface area contributed by atoms with Gasteiger partial charge in [0.15, 0.2) is 0 Å². The topological polar surface area (TPSA) is 94.7 Å². The van der Waals surface area contributed by atoms with Crippen LogP contribution in [0.1, 0.15) is 43.6 Å². The Morgan fingerprint density at radius 2 is 1.76 bits per heavy atom. The number of aliphatic hydroxyl groups is 1. The van der Waals surface area contributed by atoms with Gasteiger partial charge in [0, 0.05) is 33.6 Å². The molecular formula is C30H30ClN3O4. The van der Waals surface area contributed by atoms with Crippen LogP contribution < -0.4 is 10.1 Å². The first-order valence-electron chi connectivity index (χ1n) is 12.1. The maximum atomic E-state index is 13.7. The maximum Gasteiger partial charge on any atom is 0.247 e. The molecule has 0 aliphatic rings. The lowest BCUT2D eigenvalue weighted by atomic mass is 9.97. The van der Waals surface area contributed by atoms with Gasteiger partial charge in [-0.1, -0.05) is 54.6 Å². The smallest absolute Gasteiger partial charge is 0.247 e. The maximum absolute atomic E-state index is 13.7. The minimum Gasteiger partial charge on any atom is -0.506 e. The molecule has 196 valence electrons. The molecule has 1 atom stereocenters. The number of H-pyrrole nitrogens is 1. The second-order valence-corrected chi connectivity index (χ2v) is 10.5. The SMILES string of the molecule is C=C(O)c1[nH]c2cc(Cl)ccc2c1C(C(=O)NC(C)(C)C)N(C=O)Cc1ccc(Oc2ccccc2)cc1. The number of para-hydroxylation sites is 1. The molecule has 38 heavy (non-hydrogen) atoms. The van der Waals surface area contributed by atoms with E-state index in [1.165, 1.54) is 4.90 Å². The van der Waals surface area contributed by atoms with E-state index in [0.717, 1.165) is 5.56 Å². The molecule has 0 saturated carbocycles. The average molecular weight is 532 g/mol. The van der Waals surface area contributed by atoms with Crippen molar-refractivity contribution in [3.63, 3.8) is 0 Å². The summed E-state index contributed by atoms with van der Waals surface area (Å²) >= 11 is 6.19. The van der Waals surface area contributed by atoms with Gasteiger partial charge < -0.3 is 25.0 Å². The van der Waals surface area contributed by atoms with Crippen molar-refractivity contribution in [3.8, 4) is 11.5 Å². The first kappa shape index (κ1) is 26.8. The Bertz CT molecular complexity index is 1460. The molecule has 1 aromatic heterocycles. The quantitative estimate of drug-likeness (QED) is 0.164. The molecule has 1 unspecified atom stereocenters. The molecular weight excluding hydrogens is 502 g/mol. The van der Waals surface area contributed by atoms with Crippen LogP contribution in [-0.4, -0.2) is 32.8 Å². The number of hydrogen-bond acceptors (Lipinski definition) is 4. The van der Waals surface area contributed by atoms with Crippen LogP contribution in [0.5, 0.6) is 11.5 Å². The molecule has 0 bridgehead atoms. The molecule has 0 spiro atoms. The first-order chi connectivity index (χ1) is 18.1. The van der Waals surface area contributed by atoms with Gasteiger partial charge in [0.2, 0.25) is 12.3 Å². The molecule has 2 amide bonds. The second-order valence-electron chi connectivity index (χ2n) is 10.0. The fraction of sp³-hybridized carbons (Fsp3) is 0.200. The number of nitrogens with zero attached hydrogens (tertiary/aromatic N) is 1. The summed E-state index contributed by atoms with van der Waals surface area (Å²) in [4.78, 5) is 30.7. The number of hydrogen-bond donors (Lipinski definition) is 3. The van der Waals surface area contributed by atoms with Gasteiger partial charge in [-0.15, -0.1) is 0 Å². The highest BCUT2D eigenvalue weighted by molar-refractivity contribution is 6.31. The highest BCUT2D eigenvalue weighted by atomic mass is 35.5. The number of nitrogens with one attached hydrogen (secondary N) is 2. The van der Waals surface area contributed by atoms with Crippen molar-refractivity contribution >= 4 is 40.6 Å². The van der Waals surface area contributed by atoms with Gasteiger partial charge in [0.05, 0.1) is 5.69 Å². The number of ether oxygens (including phenoxy) is 1. The first-order valence-corrected chi connectivity index (χ1v) is 12.5. The number of halogens is 1. The van der Waals surface area contributed by atoms with E-state index in [1.807, 2.05) is 75.4 Å². The minimum atomic E-state index is -1.07. The summed E-state index contributed by atoms with van der Waals surface area (Å²) in [5, 5.41) is 14.5. The third-order valence-electron chi connectivity index (χ3n) is 5.84. The molecule has 3 aromatic carbocycles. The van der Waals surface area contributed by atoms with Crippen LogP contribution in [0, 0.1) is 0 Å². The number of benzene rings is 3. The predicted octanol–water partition coefficient (Wildman–Crippen LogP) is 6.76. The molecule has 0 aliphatic heterocycles. The molecule has 8 heteroatoms. The van der Waals surface area contributed by atoms with E-state index < -0.39 is 17.5 Å². The fourth-order valence-electron chi connectivity index (χ4n) is 4.28. The number of rotatable bonds is 9. The van der Waals surface area contributed by atoms with Gasteiger partial charge in [-0.25, -0.2) is 0 Å². The number of fused-ring (bicyclic) bond motifs is 1. The van der Waals surface area contributed by atoms with Crippen molar-refractivity contribution in [1.82, 2.24) is 15.2 Å². The van der Waals surface area contributed by atoms with E-state index in [1.54, 1.807) is 18.2 Å². The summed E-state index contributed by atoms with van der Waals surface area (Å²) in [6.07, 6.45) is 0.639. The molecule has 7 nitrogen and oxygen atoms in total. The van der Waals surface area contributed by atoms with Crippen LogP contribution in [0.3, 0.4) is 0 Å². The molecule has 0 radical (unpaired) electrons. The lowest BCUT2D eigenvalue weighted by Crippen LogP contribution is -2.47. The van der Waals surface area contributed by atoms with Gasteiger partial charge in [0.25, 0.3) is 0 Å².